The van der Waals surface area contributed by atoms with Crippen LogP contribution in [0.3, 0.4) is 0 Å². The molecule has 0 saturated carbocycles. The molecule has 1 N–H and O–H groups in total. The van der Waals surface area contributed by atoms with Gasteiger partial charge in [-0.05, 0) is 55.3 Å². The van der Waals surface area contributed by atoms with Crippen molar-refractivity contribution in [2.45, 2.75) is 13.8 Å². The topological polar surface area (TPSA) is 56.8 Å². The van der Waals surface area contributed by atoms with Crippen LogP contribution in [-0.4, -0.2) is 32.8 Å². The molecular formula is C21H24ClNO4. The summed E-state index contributed by atoms with van der Waals surface area (Å²) in [4.78, 5) is 12.0. The number of benzene rings is 2. The summed E-state index contributed by atoms with van der Waals surface area (Å²) >= 11 is 6.20. The molecular weight excluding hydrogens is 366 g/mol. The Morgan fingerprint density at radius 1 is 1.22 bits per heavy atom. The van der Waals surface area contributed by atoms with Crippen LogP contribution < -0.4 is 19.5 Å². The van der Waals surface area contributed by atoms with Crippen LogP contribution in [0.4, 0.5) is 0 Å². The molecule has 5 nitrogen and oxygen atoms in total. The quantitative estimate of drug-likeness (QED) is 0.514. The fourth-order valence-corrected chi connectivity index (χ4v) is 2.72. The highest BCUT2D eigenvalue weighted by Gasteiger charge is 2.10. The van der Waals surface area contributed by atoms with Gasteiger partial charge in [-0.2, -0.15) is 0 Å². The lowest BCUT2D eigenvalue weighted by atomic mass is 10.2. The van der Waals surface area contributed by atoms with Crippen LogP contribution in [0.2, 0.25) is 5.02 Å². The Labute approximate surface area is 164 Å². The number of halogens is 1. The van der Waals surface area contributed by atoms with E-state index in [1.165, 1.54) is 13.2 Å². The number of carbonyl (C=O) groups is 1. The average Bonchev–Trinajstić information content (AvgIpc) is 2.64. The zero-order valence-electron chi connectivity index (χ0n) is 15.8. The van der Waals surface area contributed by atoms with E-state index in [0.717, 1.165) is 16.9 Å². The number of aryl methyl sites for hydroxylation is 1. The third kappa shape index (κ3) is 6.53. The number of methoxy groups -OCH3 is 1. The second-order valence-electron chi connectivity index (χ2n) is 5.76. The summed E-state index contributed by atoms with van der Waals surface area (Å²) in [6, 6.07) is 11.3. The maximum atomic E-state index is 12.0. The molecule has 0 radical (unpaired) electrons. The monoisotopic (exact) mass is 389 g/mol. The molecule has 1 amide bonds. The van der Waals surface area contributed by atoms with Gasteiger partial charge in [0.05, 0.1) is 25.3 Å². The van der Waals surface area contributed by atoms with Gasteiger partial charge in [0.2, 0.25) is 5.91 Å². The molecule has 0 fully saturated rings. The molecule has 0 unspecified atom stereocenters. The Bertz CT molecular complexity index is 805. The SMILES string of the molecule is CCOc1cc(/C=C/C(=O)NCCOc2cccc(C)c2)cc(Cl)c1OC. The second-order valence-corrected chi connectivity index (χ2v) is 6.16. The lowest BCUT2D eigenvalue weighted by molar-refractivity contribution is -0.116. The van der Waals surface area contributed by atoms with Crippen molar-refractivity contribution in [2.24, 2.45) is 0 Å². The first kappa shape index (κ1) is 20.6. The van der Waals surface area contributed by atoms with Crippen LogP contribution in [0.15, 0.2) is 42.5 Å². The highest BCUT2D eigenvalue weighted by atomic mass is 35.5. The average molecular weight is 390 g/mol. The summed E-state index contributed by atoms with van der Waals surface area (Å²) in [5, 5.41) is 3.20. The minimum Gasteiger partial charge on any atom is -0.492 e. The maximum Gasteiger partial charge on any atom is 0.244 e. The van der Waals surface area contributed by atoms with Gasteiger partial charge < -0.3 is 19.5 Å². The first-order valence-corrected chi connectivity index (χ1v) is 9.07. The number of nitrogens with one attached hydrogen (secondary N) is 1. The normalized spacial score (nSPS) is 10.7. The molecule has 27 heavy (non-hydrogen) atoms. The molecule has 0 aliphatic heterocycles. The van der Waals surface area contributed by atoms with Crippen LogP contribution in [-0.2, 0) is 4.79 Å². The maximum absolute atomic E-state index is 12.0. The minimum atomic E-state index is -0.215. The van der Waals surface area contributed by atoms with Crippen LogP contribution in [0.5, 0.6) is 17.2 Å². The van der Waals surface area contributed by atoms with Gasteiger partial charge in [-0.25, -0.2) is 0 Å². The van der Waals surface area contributed by atoms with E-state index >= 15 is 0 Å². The number of rotatable bonds is 9. The number of ether oxygens (including phenoxy) is 3. The zero-order valence-corrected chi connectivity index (χ0v) is 16.5. The Balaban J connectivity index is 1.87. The molecule has 0 aliphatic rings. The molecule has 2 aromatic carbocycles. The van der Waals surface area contributed by atoms with Crippen molar-refractivity contribution in [3.05, 3.63) is 58.6 Å². The van der Waals surface area contributed by atoms with Gasteiger partial charge in [0.1, 0.15) is 12.4 Å². The van der Waals surface area contributed by atoms with Gasteiger partial charge in [-0.15, -0.1) is 0 Å². The van der Waals surface area contributed by atoms with Gasteiger partial charge >= 0.3 is 0 Å². The third-order valence-electron chi connectivity index (χ3n) is 3.62. The van der Waals surface area contributed by atoms with E-state index in [-0.39, 0.29) is 5.91 Å². The summed E-state index contributed by atoms with van der Waals surface area (Å²) < 4.78 is 16.4. The summed E-state index contributed by atoms with van der Waals surface area (Å²) in [6.07, 6.45) is 3.12. The molecule has 0 bridgehead atoms. The molecule has 0 aromatic heterocycles. The van der Waals surface area contributed by atoms with Crippen LogP contribution in [0.1, 0.15) is 18.1 Å². The van der Waals surface area contributed by atoms with Gasteiger partial charge in [0, 0.05) is 6.08 Å². The highest BCUT2D eigenvalue weighted by molar-refractivity contribution is 6.32. The largest absolute Gasteiger partial charge is 0.492 e. The summed E-state index contributed by atoms with van der Waals surface area (Å²) in [6.45, 7) is 5.17. The summed E-state index contributed by atoms with van der Waals surface area (Å²) in [5.41, 5.74) is 1.87. The predicted octanol–water partition coefficient (Wildman–Crippen LogP) is 4.26. The van der Waals surface area contributed by atoms with Gasteiger partial charge in [0.25, 0.3) is 0 Å². The predicted molar refractivity (Wildman–Crippen MR) is 108 cm³/mol. The van der Waals surface area contributed by atoms with Crippen molar-refractivity contribution in [3.63, 3.8) is 0 Å². The van der Waals surface area contributed by atoms with E-state index in [1.807, 2.05) is 38.1 Å². The second kappa shape index (κ2) is 10.5. The van der Waals surface area contributed by atoms with Crippen LogP contribution in [0.25, 0.3) is 6.08 Å². The summed E-state index contributed by atoms with van der Waals surface area (Å²) in [7, 11) is 1.53. The standard InChI is InChI=1S/C21H24ClNO4/c1-4-26-19-14-16(13-18(22)21(19)25-3)8-9-20(24)23-10-11-27-17-7-5-6-15(2)12-17/h5-9,12-14H,4,10-11H2,1-3H3,(H,23,24)/b9-8+. The van der Waals surface area contributed by atoms with Crippen molar-refractivity contribution < 1.29 is 19.0 Å². The highest BCUT2D eigenvalue weighted by Crippen LogP contribution is 2.36. The Kier molecular flexibility index (Phi) is 8.01. The van der Waals surface area contributed by atoms with Crippen LogP contribution >= 0.6 is 11.6 Å². The van der Waals surface area contributed by atoms with Crippen molar-refractivity contribution in [2.75, 3.05) is 26.9 Å². The van der Waals surface area contributed by atoms with E-state index in [2.05, 4.69) is 5.32 Å². The Morgan fingerprint density at radius 2 is 2.04 bits per heavy atom. The lowest BCUT2D eigenvalue weighted by Gasteiger charge is -2.11. The molecule has 0 heterocycles. The van der Waals surface area contributed by atoms with Gasteiger partial charge in [-0.1, -0.05) is 23.7 Å². The fraction of sp³-hybridized carbons (Fsp3) is 0.286. The van der Waals surface area contributed by atoms with Crippen molar-refractivity contribution in [3.8, 4) is 17.2 Å². The van der Waals surface area contributed by atoms with Crippen molar-refractivity contribution >= 4 is 23.6 Å². The molecule has 144 valence electrons. The first-order chi connectivity index (χ1) is 13.0. The smallest absolute Gasteiger partial charge is 0.244 e. The molecule has 0 atom stereocenters. The Morgan fingerprint density at radius 3 is 2.74 bits per heavy atom. The van der Waals surface area contributed by atoms with E-state index < -0.39 is 0 Å². The third-order valence-corrected chi connectivity index (χ3v) is 3.90. The molecule has 0 saturated heterocycles. The minimum absolute atomic E-state index is 0.215. The van der Waals surface area contributed by atoms with E-state index in [9.17, 15) is 4.79 Å². The molecule has 0 spiro atoms. The van der Waals surface area contributed by atoms with E-state index in [1.54, 1.807) is 18.2 Å². The molecule has 0 aliphatic carbocycles. The van der Waals surface area contributed by atoms with E-state index in [4.69, 9.17) is 25.8 Å². The van der Waals surface area contributed by atoms with Crippen molar-refractivity contribution in [1.82, 2.24) is 5.32 Å². The fourth-order valence-electron chi connectivity index (χ4n) is 2.42. The zero-order chi connectivity index (χ0) is 19.6. The van der Waals surface area contributed by atoms with Gasteiger partial charge in [-0.3, -0.25) is 4.79 Å². The Hall–Kier alpha value is -2.66. The van der Waals surface area contributed by atoms with Crippen LogP contribution in [0, 0.1) is 6.92 Å². The molecule has 6 heteroatoms. The lowest BCUT2D eigenvalue weighted by Crippen LogP contribution is -2.26. The molecule has 2 rings (SSSR count). The first-order valence-electron chi connectivity index (χ1n) is 8.69. The van der Waals surface area contributed by atoms with Gasteiger partial charge in [0.15, 0.2) is 11.5 Å². The van der Waals surface area contributed by atoms with E-state index in [0.29, 0.717) is 36.3 Å². The number of hydrogen-bond donors (Lipinski definition) is 1. The number of carbonyl (C=O) groups excluding carboxylic acids is 1. The molecule has 2 aromatic rings. The summed E-state index contributed by atoms with van der Waals surface area (Å²) in [5.74, 6) is 1.59. The number of hydrogen-bond acceptors (Lipinski definition) is 4. The number of amides is 1. The van der Waals surface area contributed by atoms with Crippen molar-refractivity contribution in [1.29, 1.82) is 0 Å².